The van der Waals surface area contributed by atoms with Gasteiger partial charge in [0.05, 0.1) is 5.69 Å². The second kappa shape index (κ2) is 5.60. The van der Waals surface area contributed by atoms with Gasteiger partial charge in [0.25, 0.3) is 5.95 Å². The van der Waals surface area contributed by atoms with Crippen molar-refractivity contribution in [3.63, 3.8) is 0 Å². The largest absolute Gasteiger partial charge is 0.372 e. The van der Waals surface area contributed by atoms with Gasteiger partial charge < -0.3 is 5.11 Å². The molecule has 0 fully saturated rings. The van der Waals surface area contributed by atoms with Gasteiger partial charge in [0.2, 0.25) is 0 Å². The van der Waals surface area contributed by atoms with Crippen LogP contribution in [0.5, 0.6) is 0 Å². The molecule has 4 rings (SSSR count). The summed E-state index contributed by atoms with van der Waals surface area (Å²) in [4.78, 5) is 14.9. The molecule has 3 aromatic rings. The SMILES string of the molecule is Cc1ncc(-c2ccc3c(c2)N(c2nc(C)n(C)n2)[C@H](O)C3(C)C)cn1. The number of rotatable bonds is 2. The molecule has 1 atom stereocenters. The van der Waals surface area contributed by atoms with Crippen molar-refractivity contribution in [1.29, 1.82) is 0 Å². The van der Waals surface area contributed by atoms with Crippen LogP contribution in [0.25, 0.3) is 11.1 Å². The molecule has 0 bridgehead atoms. The van der Waals surface area contributed by atoms with E-state index in [2.05, 4.69) is 26.1 Å². The summed E-state index contributed by atoms with van der Waals surface area (Å²) in [5.41, 5.74) is 3.46. The summed E-state index contributed by atoms with van der Waals surface area (Å²) < 4.78 is 1.71. The van der Waals surface area contributed by atoms with E-state index in [9.17, 15) is 5.11 Å². The fraction of sp³-hybridized carbons (Fsp3) is 0.368. The van der Waals surface area contributed by atoms with E-state index in [4.69, 9.17) is 0 Å². The van der Waals surface area contributed by atoms with E-state index in [1.165, 1.54) is 0 Å². The van der Waals surface area contributed by atoms with Crippen molar-refractivity contribution < 1.29 is 5.11 Å². The molecule has 0 amide bonds. The minimum absolute atomic E-state index is 0.440. The van der Waals surface area contributed by atoms with Crippen molar-refractivity contribution in [2.75, 3.05) is 4.90 Å². The van der Waals surface area contributed by atoms with Gasteiger partial charge in [-0.15, -0.1) is 5.10 Å². The Balaban J connectivity index is 1.87. The highest BCUT2D eigenvalue weighted by Gasteiger charge is 2.45. The number of aryl methyl sites for hydroxylation is 3. The van der Waals surface area contributed by atoms with E-state index in [0.717, 1.165) is 34.0 Å². The molecule has 0 saturated heterocycles. The third-order valence-electron chi connectivity index (χ3n) is 5.14. The van der Waals surface area contributed by atoms with E-state index in [0.29, 0.717) is 5.95 Å². The van der Waals surface area contributed by atoms with Crippen molar-refractivity contribution in [2.45, 2.75) is 39.3 Å². The van der Waals surface area contributed by atoms with Crippen molar-refractivity contribution in [3.8, 4) is 11.1 Å². The molecule has 134 valence electrons. The van der Waals surface area contributed by atoms with Crippen LogP contribution in [0.4, 0.5) is 11.6 Å². The molecule has 0 radical (unpaired) electrons. The normalized spacial score (nSPS) is 18.2. The molecule has 0 unspecified atom stereocenters. The van der Waals surface area contributed by atoms with Crippen LogP contribution in [0, 0.1) is 13.8 Å². The summed E-state index contributed by atoms with van der Waals surface area (Å²) in [6.45, 7) is 7.81. The fourth-order valence-corrected chi connectivity index (χ4v) is 3.36. The maximum atomic E-state index is 11.0. The van der Waals surface area contributed by atoms with Crippen LogP contribution in [0.1, 0.15) is 31.1 Å². The summed E-state index contributed by atoms with van der Waals surface area (Å²) in [6, 6.07) is 6.15. The molecular formula is C19H22N6O. The standard InChI is InChI=1S/C19H22N6O/c1-11-20-9-14(10-21-11)13-6-7-15-16(8-13)25(17(26)19(15,3)4)18-22-12(2)24(5)23-18/h6-10,17,26H,1-5H3/t17-/m1/s1. The molecule has 1 aliphatic rings. The molecular weight excluding hydrogens is 328 g/mol. The van der Waals surface area contributed by atoms with Gasteiger partial charge in [-0.05, 0) is 31.0 Å². The van der Waals surface area contributed by atoms with E-state index in [1.54, 1.807) is 9.58 Å². The highest BCUT2D eigenvalue weighted by molar-refractivity contribution is 5.76. The molecule has 0 aliphatic carbocycles. The molecule has 1 N–H and O–H groups in total. The summed E-state index contributed by atoms with van der Waals surface area (Å²) in [5, 5.41) is 15.5. The van der Waals surface area contributed by atoms with Crippen molar-refractivity contribution in [2.24, 2.45) is 7.05 Å². The predicted molar refractivity (Wildman–Crippen MR) is 99.1 cm³/mol. The lowest BCUT2D eigenvalue weighted by molar-refractivity contribution is 0.118. The Bertz CT molecular complexity index is 957. The van der Waals surface area contributed by atoms with Crippen molar-refractivity contribution in [3.05, 3.63) is 47.8 Å². The second-order valence-corrected chi connectivity index (χ2v) is 7.30. The van der Waals surface area contributed by atoms with E-state index in [1.807, 2.05) is 59.3 Å². The van der Waals surface area contributed by atoms with Crippen LogP contribution in [0.15, 0.2) is 30.6 Å². The molecule has 0 spiro atoms. The van der Waals surface area contributed by atoms with Gasteiger partial charge >= 0.3 is 0 Å². The summed E-state index contributed by atoms with van der Waals surface area (Å²) in [7, 11) is 1.85. The van der Waals surface area contributed by atoms with Crippen molar-refractivity contribution in [1.82, 2.24) is 24.7 Å². The van der Waals surface area contributed by atoms with Crippen LogP contribution in [-0.4, -0.2) is 36.1 Å². The lowest BCUT2D eigenvalue weighted by atomic mass is 9.85. The number of hydrogen-bond acceptors (Lipinski definition) is 6. The quantitative estimate of drug-likeness (QED) is 0.765. The Morgan fingerprint density at radius 1 is 1.08 bits per heavy atom. The third-order valence-corrected chi connectivity index (χ3v) is 5.14. The lowest BCUT2D eigenvalue weighted by Crippen LogP contribution is -2.39. The zero-order valence-electron chi connectivity index (χ0n) is 15.6. The number of aromatic nitrogens is 5. The second-order valence-electron chi connectivity index (χ2n) is 7.30. The first-order chi connectivity index (χ1) is 12.3. The number of anilines is 2. The van der Waals surface area contributed by atoms with Crippen LogP contribution < -0.4 is 4.90 Å². The Labute approximate surface area is 152 Å². The van der Waals surface area contributed by atoms with E-state index < -0.39 is 11.6 Å². The number of aliphatic hydroxyl groups is 1. The zero-order chi connectivity index (χ0) is 18.6. The number of nitrogens with zero attached hydrogens (tertiary/aromatic N) is 6. The molecule has 2 aromatic heterocycles. The van der Waals surface area contributed by atoms with Gasteiger partial charge in [-0.25, -0.2) is 9.97 Å². The van der Waals surface area contributed by atoms with Gasteiger partial charge in [0.15, 0.2) is 0 Å². The van der Waals surface area contributed by atoms with E-state index >= 15 is 0 Å². The summed E-state index contributed by atoms with van der Waals surface area (Å²) in [6.07, 6.45) is 2.88. The third kappa shape index (κ3) is 2.39. The highest BCUT2D eigenvalue weighted by atomic mass is 16.3. The lowest BCUT2D eigenvalue weighted by Gasteiger charge is -2.27. The van der Waals surface area contributed by atoms with Crippen LogP contribution in [0.3, 0.4) is 0 Å². The van der Waals surface area contributed by atoms with Crippen LogP contribution in [0.2, 0.25) is 0 Å². The first kappa shape index (κ1) is 16.7. The topological polar surface area (TPSA) is 80.0 Å². The average molecular weight is 350 g/mol. The Hall–Kier alpha value is -2.80. The maximum Gasteiger partial charge on any atom is 0.251 e. The first-order valence-electron chi connectivity index (χ1n) is 8.57. The van der Waals surface area contributed by atoms with Gasteiger partial charge in [-0.3, -0.25) is 9.58 Å². The molecule has 1 aromatic carbocycles. The molecule has 7 nitrogen and oxygen atoms in total. The molecule has 3 heterocycles. The Morgan fingerprint density at radius 2 is 1.77 bits per heavy atom. The smallest absolute Gasteiger partial charge is 0.251 e. The highest BCUT2D eigenvalue weighted by Crippen LogP contribution is 2.48. The van der Waals surface area contributed by atoms with Crippen molar-refractivity contribution >= 4 is 11.6 Å². The Morgan fingerprint density at radius 3 is 2.38 bits per heavy atom. The van der Waals surface area contributed by atoms with E-state index in [-0.39, 0.29) is 0 Å². The predicted octanol–water partition coefficient (Wildman–Crippen LogP) is 2.64. The first-order valence-corrected chi connectivity index (χ1v) is 8.57. The molecule has 7 heteroatoms. The number of aliphatic hydroxyl groups excluding tert-OH is 1. The number of hydrogen-bond donors (Lipinski definition) is 1. The monoisotopic (exact) mass is 350 g/mol. The molecule has 1 aliphatic heterocycles. The average Bonchev–Trinajstić information content (AvgIpc) is 3.03. The van der Waals surface area contributed by atoms with Gasteiger partial charge in [-0.2, -0.15) is 4.98 Å². The van der Waals surface area contributed by atoms with Gasteiger partial charge in [-0.1, -0.05) is 26.0 Å². The minimum atomic E-state index is -0.746. The molecule has 26 heavy (non-hydrogen) atoms. The molecule has 0 saturated carbocycles. The van der Waals surface area contributed by atoms with Gasteiger partial charge in [0, 0.05) is 30.4 Å². The summed E-state index contributed by atoms with van der Waals surface area (Å²) in [5.74, 6) is 2.03. The Kier molecular flexibility index (Phi) is 3.59. The summed E-state index contributed by atoms with van der Waals surface area (Å²) >= 11 is 0. The number of benzene rings is 1. The zero-order valence-corrected chi connectivity index (χ0v) is 15.6. The fourth-order valence-electron chi connectivity index (χ4n) is 3.36. The van der Waals surface area contributed by atoms with Crippen LogP contribution in [-0.2, 0) is 12.5 Å². The maximum absolute atomic E-state index is 11.0. The van der Waals surface area contributed by atoms with Crippen LogP contribution >= 0.6 is 0 Å². The minimum Gasteiger partial charge on any atom is -0.372 e. The number of fused-ring (bicyclic) bond motifs is 1. The van der Waals surface area contributed by atoms with Gasteiger partial charge in [0.1, 0.15) is 17.9 Å².